The van der Waals surface area contributed by atoms with Crippen LogP contribution < -0.4 is 15.8 Å². The number of pyridine rings is 1. The van der Waals surface area contributed by atoms with Gasteiger partial charge in [0.25, 0.3) is 0 Å². The fourth-order valence-corrected chi connectivity index (χ4v) is 4.28. The lowest BCUT2D eigenvalue weighted by atomic mass is 10.1. The molecule has 1 fully saturated rings. The predicted molar refractivity (Wildman–Crippen MR) is 107 cm³/mol. The van der Waals surface area contributed by atoms with E-state index >= 15 is 0 Å². The molecule has 140 valence electrons. The Labute approximate surface area is 161 Å². The number of hydrogen-bond donors (Lipinski definition) is 2. The summed E-state index contributed by atoms with van der Waals surface area (Å²) in [6, 6.07) is 9.85. The number of amides is 2. The van der Waals surface area contributed by atoms with Crippen LogP contribution in [-0.2, 0) is 0 Å². The van der Waals surface area contributed by atoms with Crippen molar-refractivity contribution in [2.24, 2.45) is 11.7 Å². The summed E-state index contributed by atoms with van der Waals surface area (Å²) in [5, 5.41) is 3.45. The molecule has 3 heterocycles. The minimum atomic E-state index is -0.141. The van der Waals surface area contributed by atoms with E-state index in [-0.39, 0.29) is 6.03 Å². The summed E-state index contributed by atoms with van der Waals surface area (Å²) in [4.78, 5) is 23.3. The molecule has 7 nitrogen and oxygen atoms in total. The van der Waals surface area contributed by atoms with Crippen molar-refractivity contribution in [1.29, 1.82) is 0 Å². The van der Waals surface area contributed by atoms with E-state index in [0.717, 1.165) is 28.8 Å². The summed E-state index contributed by atoms with van der Waals surface area (Å²) in [6.07, 6.45) is 2.73. The lowest BCUT2D eigenvalue weighted by Gasteiger charge is -2.15. The summed E-state index contributed by atoms with van der Waals surface area (Å²) in [7, 11) is 1.57. The third-order valence-electron chi connectivity index (χ3n) is 4.78. The van der Waals surface area contributed by atoms with Crippen LogP contribution >= 0.6 is 11.3 Å². The second kappa shape index (κ2) is 7.50. The predicted octanol–water partition coefficient (Wildman–Crippen LogP) is 3.18. The summed E-state index contributed by atoms with van der Waals surface area (Å²) < 4.78 is 6.30. The standard InChI is InChI=1S/C19H21N5O2S/c1-26-17-15-16(14(10-21-17)13-5-3-2-4-6-13)27-18(22-15)23-19(25)24-8-7-12(9-20)11-24/h2-6,10,12H,7-9,11,20H2,1H3,(H,22,23,25)/t12-/m0/s1. The van der Waals surface area contributed by atoms with E-state index < -0.39 is 0 Å². The molecule has 0 spiro atoms. The first-order chi connectivity index (χ1) is 13.2. The van der Waals surface area contributed by atoms with Crippen LogP contribution in [0.1, 0.15) is 6.42 Å². The third-order valence-corrected chi connectivity index (χ3v) is 5.79. The number of nitrogens with one attached hydrogen (secondary N) is 1. The Hall–Kier alpha value is -2.71. The Kier molecular flexibility index (Phi) is 4.91. The van der Waals surface area contributed by atoms with Crippen LogP contribution in [-0.4, -0.2) is 47.6 Å². The lowest BCUT2D eigenvalue weighted by Crippen LogP contribution is -2.33. The molecule has 1 aliphatic heterocycles. The molecule has 1 aliphatic rings. The zero-order chi connectivity index (χ0) is 18.8. The summed E-state index contributed by atoms with van der Waals surface area (Å²) in [5.41, 5.74) is 8.38. The smallest absolute Gasteiger partial charge is 0.323 e. The van der Waals surface area contributed by atoms with E-state index in [1.165, 1.54) is 11.3 Å². The van der Waals surface area contributed by atoms with Crippen LogP contribution in [0.4, 0.5) is 9.93 Å². The molecule has 4 rings (SSSR count). The number of ether oxygens (including phenoxy) is 1. The van der Waals surface area contributed by atoms with Crippen LogP contribution in [0.5, 0.6) is 5.88 Å². The molecule has 2 aromatic heterocycles. The largest absolute Gasteiger partial charge is 0.479 e. The van der Waals surface area contributed by atoms with Gasteiger partial charge in [-0.15, -0.1) is 0 Å². The van der Waals surface area contributed by atoms with E-state index in [1.807, 2.05) is 30.3 Å². The second-order valence-electron chi connectivity index (χ2n) is 6.51. The van der Waals surface area contributed by atoms with E-state index in [2.05, 4.69) is 15.3 Å². The number of urea groups is 1. The van der Waals surface area contributed by atoms with Crippen LogP contribution in [0.2, 0.25) is 0 Å². The molecule has 0 saturated carbocycles. The first-order valence-electron chi connectivity index (χ1n) is 8.84. The third kappa shape index (κ3) is 3.45. The van der Waals surface area contributed by atoms with Crippen molar-refractivity contribution in [2.75, 3.05) is 32.1 Å². The number of thiazole rings is 1. The maximum atomic E-state index is 12.6. The molecule has 27 heavy (non-hydrogen) atoms. The molecule has 0 aliphatic carbocycles. The summed E-state index contributed by atoms with van der Waals surface area (Å²) >= 11 is 1.43. The number of likely N-dealkylation sites (tertiary alicyclic amines) is 1. The average Bonchev–Trinajstić information content (AvgIpc) is 3.34. The van der Waals surface area contributed by atoms with Crippen molar-refractivity contribution in [3.8, 4) is 17.0 Å². The van der Waals surface area contributed by atoms with Crippen molar-refractivity contribution in [2.45, 2.75) is 6.42 Å². The molecular formula is C19H21N5O2S. The SMILES string of the molecule is COc1ncc(-c2ccccc2)c2sc(NC(=O)N3CC[C@@H](CN)C3)nc12. The van der Waals surface area contributed by atoms with E-state index in [1.54, 1.807) is 18.2 Å². The highest BCUT2D eigenvalue weighted by Gasteiger charge is 2.26. The minimum absolute atomic E-state index is 0.141. The molecule has 3 N–H and O–H groups in total. The average molecular weight is 383 g/mol. The van der Waals surface area contributed by atoms with Gasteiger partial charge >= 0.3 is 6.03 Å². The number of fused-ring (bicyclic) bond motifs is 1. The monoisotopic (exact) mass is 383 g/mol. The number of hydrogen-bond acceptors (Lipinski definition) is 6. The molecule has 8 heteroatoms. The maximum absolute atomic E-state index is 12.6. The Morgan fingerprint density at radius 2 is 2.22 bits per heavy atom. The Morgan fingerprint density at radius 3 is 2.93 bits per heavy atom. The summed E-state index contributed by atoms with van der Waals surface area (Å²) in [6.45, 7) is 2.01. The van der Waals surface area contributed by atoms with Gasteiger partial charge in [-0.05, 0) is 24.4 Å². The molecule has 1 atom stereocenters. The number of anilines is 1. The van der Waals surface area contributed by atoms with Crippen molar-refractivity contribution >= 4 is 32.7 Å². The Bertz CT molecular complexity index is 959. The number of aromatic nitrogens is 2. The normalized spacial score (nSPS) is 16.7. The molecule has 1 aromatic carbocycles. The number of nitrogens with two attached hydrogens (primary N) is 1. The quantitative estimate of drug-likeness (QED) is 0.722. The van der Waals surface area contributed by atoms with Gasteiger partial charge in [0.15, 0.2) is 5.13 Å². The molecule has 0 unspecified atom stereocenters. The maximum Gasteiger partial charge on any atom is 0.323 e. The second-order valence-corrected chi connectivity index (χ2v) is 7.51. The van der Waals surface area contributed by atoms with Gasteiger partial charge in [0, 0.05) is 24.8 Å². The van der Waals surface area contributed by atoms with Gasteiger partial charge in [-0.1, -0.05) is 41.7 Å². The topological polar surface area (TPSA) is 93.4 Å². The first kappa shape index (κ1) is 17.7. The van der Waals surface area contributed by atoms with E-state index in [4.69, 9.17) is 10.5 Å². The van der Waals surface area contributed by atoms with Gasteiger partial charge in [0.2, 0.25) is 5.88 Å². The highest BCUT2D eigenvalue weighted by molar-refractivity contribution is 7.23. The zero-order valence-electron chi connectivity index (χ0n) is 15.0. The van der Waals surface area contributed by atoms with E-state index in [0.29, 0.717) is 35.5 Å². The Morgan fingerprint density at radius 1 is 1.41 bits per heavy atom. The van der Waals surface area contributed by atoms with Crippen LogP contribution in [0.3, 0.4) is 0 Å². The highest BCUT2D eigenvalue weighted by Crippen LogP contribution is 2.38. The minimum Gasteiger partial charge on any atom is -0.479 e. The van der Waals surface area contributed by atoms with E-state index in [9.17, 15) is 4.79 Å². The molecule has 0 bridgehead atoms. The van der Waals surface area contributed by atoms with Crippen molar-refractivity contribution in [1.82, 2.24) is 14.9 Å². The number of rotatable bonds is 4. The van der Waals surface area contributed by atoms with Crippen LogP contribution in [0, 0.1) is 5.92 Å². The van der Waals surface area contributed by atoms with Crippen molar-refractivity contribution in [3.05, 3.63) is 36.5 Å². The molecule has 1 saturated heterocycles. The van der Waals surface area contributed by atoms with Crippen molar-refractivity contribution < 1.29 is 9.53 Å². The number of carbonyl (C=O) groups is 1. The van der Waals surface area contributed by atoms with Gasteiger partial charge in [-0.2, -0.15) is 0 Å². The van der Waals surface area contributed by atoms with Gasteiger partial charge in [0.1, 0.15) is 5.52 Å². The van der Waals surface area contributed by atoms with Gasteiger partial charge in [-0.25, -0.2) is 14.8 Å². The highest BCUT2D eigenvalue weighted by atomic mass is 32.1. The molecule has 0 radical (unpaired) electrons. The first-order valence-corrected chi connectivity index (χ1v) is 9.66. The Balaban J connectivity index is 1.66. The zero-order valence-corrected chi connectivity index (χ0v) is 15.8. The fraction of sp³-hybridized carbons (Fsp3) is 0.316. The van der Waals surface area contributed by atoms with Crippen LogP contribution in [0.15, 0.2) is 36.5 Å². The van der Waals surface area contributed by atoms with Gasteiger partial charge in [0.05, 0.1) is 11.8 Å². The lowest BCUT2D eigenvalue weighted by molar-refractivity contribution is 0.221. The number of nitrogens with zero attached hydrogens (tertiary/aromatic N) is 3. The van der Waals surface area contributed by atoms with Gasteiger partial charge in [-0.3, -0.25) is 5.32 Å². The number of benzene rings is 1. The number of carbonyl (C=O) groups excluding carboxylic acids is 1. The molecule has 2 amide bonds. The van der Waals surface area contributed by atoms with Crippen LogP contribution in [0.25, 0.3) is 21.3 Å². The van der Waals surface area contributed by atoms with Crippen molar-refractivity contribution in [3.63, 3.8) is 0 Å². The van der Waals surface area contributed by atoms with Gasteiger partial charge < -0.3 is 15.4 Å². The molecular weight excluding hydrogens is 362 g/mol. The number of methoxy groups -OCH3 is 1. The fourth-order valence-electron chi connectivity index (χ4n) is 3.30. The summed E-state index contributed by atoms with van der Waals surface area (Å²) in [5.74, 6) is 0.825. The molecule has 3 aromatic rings.